The Morgan fingerprint density at radius 1 is 1.24 bits per heavy atom. The van der Waals surface area contributed by atoms with Crippen LogP contribution < -0.4 is 10.6 Å². The van der Waals surface area contributed by atoms with E-state index in [2.05, 4.69) is 30.7 Å². The van der Waals surface area contributed by atoms with Crippen LogP contribution in [-0.4, -0.2) is 32.2 Å². The summed E-state index contributed by atoms with van der Waals surface area (Å²) >= 11 is 0. The Balaban J connectivity index is 1.75. The molecule has 0 spiro atoms. The first-order chi connectivity index (χ1) is 12.1. The first-order valence-electron chi connectivity index (χ1n) is 7.86. The molecule has 2 aromatic heterocycles. The van der Waals surface area contributed by atoms with Crippen molar-refractivity contribution in [1.29, 1.82) is 0 Å². The van der Waals surface area contributed by atoms with Gasteiger partial charge in [-0.3, -0.25) is 4.98 Å². The Hall–Kier alpha value is -3.29. The van der Waals surface area contributed by atoms with E-state index < -0.39 is 0 Å². The van der Waals surface area contributed by atoms with Crippen molar-refractivity contribution in [2.24, 2.45) is 0 Å². The fourth-order valence-electron chi connectivity index (χ4n) is 2.23. The maximum Gasteiger partial charge on any atom is 0.319 e. The van der Waals surface area contributed by atoms with Crippen molar-refractivity contribution in [2.75, 3.05) is 5.32 Å². The predicted molar refractivity (Wildman–Crippen MR) is 91.9 cm³/mol. The number of anilines is 1. The van der Waals surface area contributed by atoms with E-state index in [4.69, 9.17) is 4.52 Å². The number of benzene rings is 1. The average molecular weight is 338 g/mol. The van der Waals surface area contributed by atoms with Gasteiger partial charge in [0, 0.05) is 24.1 Å². The standard InChI is InChI=1S/C17H18N6O2/c1-11(2)20-17(24)21-13-6-4-3-5-12(13)9-15-22-16(23-25-15)14-10-18-7-8-19-14/h3-8,10-11H,9H2,1-2H3,(H2,20,21,24). The third-order valence-corrected chi connectivity index (χ3v) is 3.29. The van der Waals surface area contributed by atoms with E-state index in [1.54, 1.807) is 18.6 Å². The van der Waals surface area contributed by atoms with Gasteiger partial charge in [0.25, 0.3) is 0 Å². The average Bonchev–Trinajstić information content (AvgIpc) is 3.05. The van der Waals surface area contributed by atoms with Crippen LogP contribution in [0.2, 0.25) is 0 Å². The third-order valence-electron chi connectivity index (χ3n) is 3.29. The van der Waals surface area contributed by atoms with Gasteiger partial charge in [0.1, 0.15) is 5.69 Å². The van der Waals surface area contributed by atoms with E-state index >= 15 is 0 Å². The highest BCUT2D eigenvalue weighted by Crippen LogP contribution is 2.20. The van der Waals surface area contributed by atoms with Crippen LogP contribution in [0.25, 0.3) is 11.5 Å². The Kier molecular flexibility index (Phi) is 4.98. The number of rotatable bonds is 5. The Bertz CT molecular complexity index is 847. The molecule has 25 heavy (non-hydrogen) atoms. The number of hydrogen-bond donors (Lipinski definition) is 2. The molecule has 0 aliphatic heterocycles. The number of nitrogens with zero attached hydrogens (tertiary/aromatic N) is 4. The molecular weight excluding hydrogens is 320 g/mol. The number of aromatic nitrogens is 4. The summed E-state index contributed by atoms with van der Waals surface area (Å²) in [5.41, 5.74) is 2.11. The number of amides is 2. The van der Waals surface area contributed by atoms with Gasteiger partial charge in [-0.15, -0.1) is 0 Å². The van der Waals surface area contributed by atoms with Gasteiger partial charge in [0.15, 0.2) is 0 Å². The second-order valence-corrected chi connectivity index (χ2v) is 5.69. The highest BCUT2D eigenvalue weighted by atomic mass is 16.5. The lowest BCUT2D eigenvalue weighted by Gasteiger charge is -2.12. The first kappa shape index (κ1) is 16.6. The molecule has 128 valence electrons. The summed E-state index contributed by atoms with van der Waals surface area (Å²) < 4.78 is 5.29. The molecule has 2 N–H and O–H groups in total. The van der Waals surface area contributed by atoms with Crippen molar-refractivity contribution in [3.63, 3.8) is 0 Å². The molecule has 0 aliphatic rings. The number of urea groups is 1. The topological polar surface area (TPSA) is 106 Å². The number of carbonyl (C=O) groups is 1. The van der Waals surface area contributed by atoms with Crippen LogP contribution >= 0.6 is 0 Å². The van der Waals surface area contributed by atoms with Crippen LogP contribution in [0.4, 0.5) is 10.5 Å². The van der Waals surface area contributed by atoms with Gasteiger partial charge in [-0.25, -0.2) is 9.78 Å². The monoisotopic (exact) mass is 338 g/mol. The summed E-state index contributed by atoms with van der Waals surface area (Å²) in [6.45, 7) is 3.80. The van der Waals surface area contributed by atoms with Gasteiger partial charge in [-0.2, -0.15) is 4.98 Å². The molecule has 0 radical (unpaired) electrons. The molecule has 8 heteroatoms. The van der Waals surface area contributed by atoms with Crippen LogP contribution in [0.3, 0.4) is 0 Å². The zero-order valence-electron chi connectivity index (χ0n) is 13.9. The van der Waals surface area contributed by atoms with E-state index in [1.165, 1.54) is 0 Å². The lowest BCUT2D eigenvalue weighted by atomic mass is 10.1. The van der Waals surface area contributed by atoms with Gasteiger partial charge in [-0.1, -0.05) is 23.4 Å². The minimum Gasteiger partial charge on any atom is -0.339 e. The Morgan fingerprint density at radius 2 is 2.08 bits per heavy atom. The molecule has 3 rings (SSSR count). The molecule has 0 aliphatic carbocycles. The summed E-state index contributed by atoms with van der Waals surface area (Å²) in [4.78, 5) is 24.4. The fourth-order valence-corrected chi connectivity index (χ4v) is 2.23. The van der Waals surface area contributed by atoms with Crippen molar-refractivity contribution in [3.05, 3.63) is 54.3 Å². The highest BCUT2D eigenvalue weighted by molar-refractivity contribution is 5.90. The van der Waals surface area contributed by atoms with Crippen LogP contribution in [-0.2, 0) is 6.42 Å². The first-order valence-corrected chi connectivity index (χ1v) is 7.86. The molecule has 1 aromatic carbocycles. The van der Waals surface area contributed by atoms with Crippen molar-refractivity contribution in [1.82, 2.24) is 25.4 Å². The summed E-state index contributed by atoms with van der Waals surface area (Å²) in [6, 6.07) is 7.27. The molecule has 0 atom stereocenters. The molecule has 0 fully saturated rings. The van der Waals surface area contributed by atoms with Gasteiger partial charge < -0.3 is 15.2 Å². The number of para-hydroxylation sites is 1. The second-order valence-electron chi connectivity index (χ2n) is 5.69. The van der Waals surface area contributed by atoms with Gasteiger partial charge in [-0.05, 0) is 25.5 Å². The molecule has 0 saturated heterocycles. The van der Waals surface area contributed by atoms with Crippen molar-refractivity contribution < 1.29 is 9.32 Å². The summed E-state index contributed by atoms with van der Waals surface area (Å²) in [5, 5.41) is 9.55. The van der Waals surface area contributed by atoms with E-state index in [-0.39, 0.29) is 12.1 Å². The zero-order chi connectivity index (χ0) is 17.6. The van der Waals surface area contributed by atoms with E-state index in [0.29, 0.717) is 29.5 Å². The zero-order valence-corrected chi connectivity index (χ0v) is 13.9. The molecular formula is C17H18N6O2. The predicted octanol–water partition coefficient (Wildman–Crippen LogP) is 2.65. The largest absolute Gasteiger partial charge is 0.339 e. The van der Waals surface area contributed by atoms with Crippen molar-refractivity contribution in [2.45, 2.75) is 26.3 Å². The maximum atomic E-state index is 11.9. The van der Waals surface area contributed by atoms with Crippen LogP contribution in [0, 0.1) is 0 Å². The van der Waals surface area contributed by atoms with Gasteiger partial charge >= 0.3 is 6.03 Å². The quantitative estimate of drug-likeness (QED) is 0.741. The normalized spacial score (nSPS) is 10.7. The summed E-state index contributed by atoms with van der Waals surface area (Å²) in [6.07, 6.45) is 5.11. The molecule has 8 nitrogen and oxygen atoms in total. The van der Waals surface area contributed by atoms with Crippen LogP contribution in [0.15, 0.2) is 47.4 Å². The minimum atomic E-state index is -0.256. The lowest BCUT2D eigenvalue weighted by Crippen LogP contribution is -2.34. The fraction of sp³-hybridized carbons (Fsp3) is 0.235. The second kappa shape index (κ2) is 7.52. The minimum absolute atomic E-state index is 0.0534. The van der Waals surface area contributed by atoms with E-state index in [0.717, 1.165) is 5.56 Å². The van der Waals surface area contributed by atoms with E-state index in [9.17, 15) is 4.79 Å². The molecule has 2 heterocycles. The highest BCUT2D eigenvalue weighted by Gasteiger charge is 2.13. The number of carbonyl (C=O) groups excluding carboxylic acids is 1. The lowest BCUT2D eigenvalue weighted by molar-refractivity contribution is 0.250. The van der Waals surface area contributed by atoms with Crippen LogP contribution in [0.5, 0.6) is 0 Å². The van der Waals surface area contributed by atoms with Crippen molar-refractivity contribution in [3.8, 4) is 11.5 Å². The van der Waals surface area contributed by atoms with E-state index in [1.807, 2.05) is 38.1 Å². The van der Waals surface area contributed by atoms with Gasteiger partial charge in [0.2, 0.25) is 11.7 Å². The Labute approximate surface area is 144 Å². The summed E-state index contributed by atoms with van der Waals surface area (Å²) in [7, 11) is 0. The number of nitrogens with one attached hydrogen (secondary N) is 2. The SMILES string of the molecule is CC(C)NC(=O)Nc1ccccc1Cc1nc(-c2cnccn2)no1. The molecule has 3 aromatic rings. The molecule has 0 bridgehead atoms. The third kappa shape index (κ3) is 4.37. The Morgan fingerprint density at radius 3 is 2.84 bits per heavy atom. The number of hydrogen-bond acceptors (Lipinski definition) is 6. The van der Waals surface area contributed by atoms with Gasteiger partial charge in [0.05, 0.1) is 12.6 Å². The van der Waals surface area contributed by atoms with Crippen LogP contribution in [0.1, 0.15) is 25.3 Å². The molecule has 0 unspecified atom stereocenters. The summed E-state index contributed by atoms with van der Waals surface area (Å²) in [5.74, 6) is 0.810. The van der Waals surface area contributed by atoms with Crippen molar-refractivity contribution >= 4 is 11.7 Å². The molecule has 0 saturated carbocycles. The smallest absolute Gasteiger partial charge is 0.319 e. The maximum absolute atomic E-state index is 11.9. The molecule has 2 amide bonds.